The first-order valence-corrected chi connectivity index (χ1v) is 9.41. The van der Waals surface area contributed by atoms with Gasteiger partial charge in [0.15, 0.2) is 0 Å². The smallest absolute Gasteiger partial charge is 0.262 e. The summed E-state index contributed by atoms with van der Waals surface area (Å²) in [5, 5.41) is 2.76. The zero-order valence-electron chi connectivity index (χ0n) is 14.9. The van der Waals surface area contributed by atoms with E-state index >= 15 is 0 Å². The van der Waals surface area contributed by atoms with Gasteiger partial charge in [0.05, 0.1) is 24.3 Å². The molecular weight excluding hydrogens is 356 g/mol. The average Bonchev–Trinajstić information content (AvgIpc) is 2.62. The highest BCUT2D eigenvalue weighted by Gasteiger charge is 2.17. The predicted molar refractivity (Wildman–Crippen MR) is 99.0 cm³/mol. The number of nitrogens with one attached hydrogen (secondary N) is 2. The Kier molecular flexibility index (Phi) is 6.59. The first-order chi connectivity index (χ1) is 12.4. The molecule has 0 fully saturated rings. The lowest BCUT2D eigenvalue weighted by molar-refractivity contribution is 0.0905. The Balaban J connectivity index is 2.15. The third kappa shape index (κ3) is 4.96. The van der Waals surface area contributed by atoms with Gasteiger partial charge >= 0.3 is 0 Å². The van der Waals surface area contributed by atoms with E-state index in [9.17, 15) is 13.2 Å². The Morgan fingerprint density at radius 1 is 1.08 bits per heavy atom. The number of sulfonamides is 1. The van der Waals surface area contributed by atoms with Gasteiger partial charge in [-0.15, -0.1) is 0 Å². The largest absolute Gasteiger partial charge is 0.495 e. The maximum Gasteiger partial charge on any atom is 0.262 e. The van der Waals surface area contributed by atoms with Crippen molar-refractivity contribution in [2.45, 2.75) is 17.9 Å². The molecule has 140 valence electrons. The van der Waals surface area contributed by atoms with Crippen molar-refractivity contribution in [2.75, 3.05) is 25.5 Å². The van der Waals surface area contributed by atoms with Gasteiger partial charge in [0.25, 0.3) is 15.9 Å². The second-order valence-corrected chi connectivity index (χ2v) is 7.34. The molecule has 0 heterocycles. The van der Waals surface area contributed by atoms with Crippen molar-refractivity contribution >= 4 is 21.6 Å². The fourth-order valence-electron chi connectivity index (χ4n) is 2.32. The van der Waals surface area contributed by atoms with Gasteiger partial charge in [-0.2, -0.15) is 0 Å². The third-order valence-corrected chi connectivity index (χ3v) is 4.95. The van der Waals surface area contributed by atoms with Crippen LogP contribution in [0.2, 0.25) is 0 Å². The molecule has 8 heteroatoms. The molecule has 0 aliphatic rings. The summed E-state index contributed by atoms with van der Waals surface area (Å²) in [6.07, 6.45) is 0. The van der Waals surface area contributed by atoms with E-state index in [1.807, 2.05) is 6.92 Å². The number of methoxy groups -OCH3 is 2. The van der Waals surface area contributed by atoms with E-state index in [2.05, 4.69) is 10.0 Å². The molecule has 0 aromatic heterocycles. The lowest BCUT2D eigenvalue weighted by atomic mass is 10.2. The van der Waals surface area contributed by atoms with Crippen LogP contribution in [0.5, 0.6) is 5.75 Å². The standard InChI is InChI=1S/C18H22N2O5S/c1-13(12-24-2)19-18(21)14-8-10-15(11-9-14)26(22,23)20-16-6-4-5-7-17(16)25-3/h4-11,13,20H,12H2,1-3H3,(H,19,21). The highest BCUT2D eigenvalue weighted by Crippen LogP contribution is 2.26. The van der Waals surface area contributed by atoms with Gasteiger partial charge in [0.1, 0.15) is 5.75 Å². The molecule has 0 radical (unpaired) electrons. The lowest BCUT2D eigenvalue weighted by Gasteiger charge is -2.13. The van der Waals surface area contributed by atoms with Crippen molar-refractivity contribution < 1.29 is 22.7 Å². The Labute approximate surface area is 153 Å². The molecule has 1 atom stereocenters. The molecule has 0 bridgehead atoms. The Bertz CT molecular complexity index is 850. The number of hydrogen-bond donors (Lipinski definition) is 2. The van der Waals surface area contributed by atoms with E-state index < -0.39 is 10.0 Å². The Morgan fingerprint density at radius 3 is 2.35 bits per heavy atom. The highest BCUT2D eigenvalue weighted by atomic mass is 32.2. The van der Waals surface area contributed by atoms with Crippen molar-refractivity contribution in [3.05, 3.63) is 54.1 Å². The molecule has 0 aliphatic heterocycles. The summed E-state index contributed by atoms with van der Waals surface area (Å²) in [5.41, 5.74) is 0.703. The van der Waals surface area contributed by atoms with Gasteiger partial charge < -0.3 is 14.8 Å². The number of ether oxygens (including phenoxy) is 2. The molecular formula is C18H22N2O5S. The zero-order chi connectivity index (χ0) is 19.2. The molecule has 0 spiro atoms. The number of hydrogen-bond acceptors (Lipinski definition) is 5. The van der Waals surface area contributed by atoms with Crippen LogP contribution in [0, 0.1) is 0 Å². The summed E-state index contributed by atoms with van der Waals surface area (Å²) in [4.78, 5) is 12.2. The maximum absolute atomic E-state index is 12.5. The van der Waals surface area contributed by atoms with Crippen molar-refractivity contribution in [1.82, 2.24) is 5.32 Å². The van der Waals surface area contributed by atoms with Crippen molar-refractivity contribution in [2.24, 2.45) is 0 Å². The number of carbonyl (C=O) groups is 1. The number of anilines is 1. The quantitative estimate of drug-likeness (QED) is 0.735. The zero-order valence-corrected chi connectivity index (χ0v) is 15.7. The Hall–Kier alpha value is -2.58. The number of amides is 1. The number of rotatable bonds is 8. The minimum absolute atomic E-state index is 0.0462. The van der Waals surface area contributed by atoms with Crippen LogP contribution >= 0.6 is 0 Å². The molecule has 1 unspecified atom stereocenters. The van der Waals surface area contributed by atoms with Gasteiger partial charge in [-0.1, -0.05) is 12.1 Å². The maximum atomic E-state index is 12.5. The summed E-state index contributed by atoms with van der Waals surface area (Å²) >= 11 is 0. The summed E-state index contributed by atoms with van der Waals surface area (Å²) in [5.74, 6) is 0.121. The fourth-order valence-corrected chi connectivity index (χ4v) is 3.39. The molecule has 0 saturated carbocycles. The number of benzene rings is 2. The van der Waals surface area contributed by atoms with Crippen LogP contribution < -0.4 is 14.8 Å². The molecule has 2 rings (SSSR count). The van der Waals surface area contributed by atoms with Crippen LogP contribution in [0.1, 0.15) is 17.3 Å². The van der Waals surface area contributed by atoms with E-state index in [0.29, 0.717) is 23.6 Å². The van der Waals surface area contributed by atoms with Crippen LogP contribution in [0.4, 0.5) is 5.69 Å². The summed E-state index contributed by atoms with van der Waals surface area (Å²) in [6, 6.07) is 12.3. The molecule has 26 heavy (non-hydrogen) atoms. The second-order valence-electron chi connectivity index (χ2n) is 5.66. The molecule has 7 nitrogen and oxygen atoms in total. The molecule has 2 aromatic carbocycles. The van der Waals surface area contributed by atoms with Crippen molar-refractivity contribution in [3.8, 4) is 5.75 Å². The molecule has 2 N–H and O–H groups in total. The van der Waals surface area contributed by atoms with Gasteiger partial charge in [-0.25, -0.2) is 8.42 Å². The van der Waals surface area contributed by atoms with Crippen molar-refractivity contribution in [3.63, 3.8) is 0 Å². The fraction of sp³-hybridized carbons (Fsp3) is 0.278. The SMILES string of the molecule is COCC(C)NC(=O)c1ccc(S(=O)(=O)Nc2ccccc2OC)cc1. The van der Waals surface area contributed by atoms with Crippen LogP contribution in [0.25, 0.3) is 0 Å². The predicted octanol–water partition coefficient (Wildman–Crippen LogP) is 2.26. The van der Waals surface area contributed by atoms with Crippen LogP contribution in [0.15, 0.2) is 53.4 Å². The normalized spacial score (nSPS) is 12.3. The summed E-state index contributed by atoms with van der Waals surface area (Å²) in [6.45, 7) is 2.21. The first kappa shape index (κ1) is 19.7. The number of carbonyl (C=O) groups excluding carboxylic acids is 1. The van der Waals surface area contributed by atoms with Gasteiger partial charge in [-0.3, -0.25) is 9.52 Å². The van der Waals surface area contributed by atoms with Crippen LogP contribution in [-0.4, -0.2) is 41.2 Å². The minimum atomic E-state index is -3.80. The molecule has 2 aromatic rings. The van der Waals surface area contributed by atoms with Gasteiger partial charge in [0.2, 0.25) is 0 Å². The molecule has 0 aliphatic carbocycles. The van der Waals surface area contributed by atoms with Crippen LogP contribution in [-0.2, 0) is 14.8 Å². The lowest BCUT2D eigenvalue weighted by Crippen LogP contribution is -2.35. The van der Waals surface area contributed by atoms with Crippen molar-refractivity contribution in [1.29, 1.82) is 0 Å². The summed E-state index contributed by atoms with van der Waals surface area (Å²) in [7, 11) is -0.786. The molecule has 0 saturated heterocycles. The van der Waals surface area contributed by atoms with E-state index in [0.717, 1.165) is 0 Å². The minimum Gasteiger partial charge on any atom is -0.495 e. The Morgan fingerprint density at radius 2 is 1.73 bits per heavy atom. The summed E-state index contributed by atoms with van der Waals surface area (Å²) < 4.78 is 37.7. The number of para-hydroxylation sites is 2. The van der Waals surface area contributed by atoms with E-state index in [-0.39, 0.29) is 16.8 Å². The van der Waals surface area contributed by atoms with E-state index in [1.54, 1.807) is 31.4 Å². The third-order valence-electron chi connectivity index (χ3n) is 3.57. The van der Waals surface area contributed by atoms with Gasteiger partial charge in [0, 0.05) is 18.7 Å². The average molecular weight is 378 g/mol. The molecule has 1 amide bonds. The van der Waals surface area contributed by atoms with E-state index in [4.69, 9.17) is 9.47 Å². The monoisotopic (exact) mass is 378 g/mol. The van der Waals surface area contributed by atoms with Crippen LogP contribution in [0.3, 0.4) is 0 Å². The van der Waals surface area contributed by atoms with E-state index in [1.165, 1.54) is 31.4 Å². The first-order valence-electron chi connectivity index (χ1n) is 7.93. The highest BCUT2D eigenvalue weighted by molar-refractivity contribution is 7.92. The second kappa shape index (κ2) is 8.68. The topological polar surface area (TPSA) is 93.7 Å². The van der Waals surface area contributed by atoms with Gasteiger partial charge in [-0.05, 0) is 43.3 Å².